The molecule has 0 N–H and O–H groups in total. The SMILES string of the molecule is Cc1ccc(C(=O)OCc2nc3ccccc3n2C(=O)c2ccc(C)cc2)cc1. The molecule has 0 unspecified atom stereocenters. The van der Waals surface area contributed by atoms with Crippen molar-refractivity contribution in [1.29, 1.82) is 0 Å². The Kier molecular flexibility index (Phi) is 4.96. The Morgan fingerprint density at radius 3 is 2.07 bits per heavy atom. The van der Waals surface area contributed by atoms with Gasteiger partial charge in [0.25, 0.3) is 5.91 Å². The second-order valence-electron chi connectivity index (χ2n) is 6.97. The molecule has 1 aromatic heterocycles. The molecule has 5 heteroatoms. The number of benzene rings is 3. The van der Waals surface area contributed by atoms with Crippen molar-refractivity contribution in [3.8, 4) is 0 Å². The van der Waals surface area contributed by atoms with Crippen molar-refractivity contribution in [3.63, 3.8) is 0 Å². The van der Waals surface area contributed by atoms with E-state index in [1.165, 1.54) is 4.57 Å². The van der Waals surface area contributed by atoms with Crippen molar-refractivity contribution >= 4 is 22.9 Å². The van der Waals surface area contributed by atoms with Gasteiger partial charge >= 0.3 is 5.97 Å². The molecule has 0 spiro atoms. The third kappa shape index (κ3) is 3.80. The van der Waals surface area contributed by atoms with E-state index in [2.05, 4.69) is 4.98 Å². The minimum atomic E-state index is -0.452. The molecule has 5 nitrogen and oxygen atoms in total. The number of esters is 1. The summed E-state index contributed by atoms with van der Waals surface area (Å²) in [6.07, 6.45) is 0. The third-order valence-electron chi connectivity index (χ3n) is 4.75. The zero-order valence-electron chi connectivity index (χ0n) is 16.3. The molecule has 3 aromatic carbocycles. The molecule has 0 aliphatic rings. The number of nitrogens with zero attached hydrogens (tertiary/aromatic N) is 2. The van der Waals surface area contributed by atoms with E-state index in [4.69, 9.17) is 4.74 Å². The molecule has 1 heterocycles. The number of ether oxygens (including phenoxy) is 1. The van der Waals surface area contributed by atoms with Gasteiger partial charge in [0.05, 0.1) is 16.6 Å². The Hall–Kier alpha value is -3.73. The Labute approximate surface area is 168 Å². The van der Waals surface area contributed by atoms with Gasteiger partial charge in [0, 0.05) is 5.56 Å². The number of aromatic nitrogens is 2. The van der Waals surface area contributed by atoms with Gasteiger partial charge in [-0.15, -0.1) is 0 Å². The first-order valence-corrected chi connectivity index (χ1v) is 9.34. The zero-order chi connectivity index (χ0) is 20.4. The van der Waals surface area contributed by atoms with Crippen LogP contribution < -0.4 is 0 Å². The second kappa shape index (κ2) is 7.72. The van der Waals surface area contributed by atoms with Crippen molar-refractivity contribution in [1.82, 2.24) is 9.55 Å². The summed E-state index contributed by atoms with van der Waals surface area (Å²) in [6.45, 7) is 3.82. The van der Waals surface area contributed by atoms with Crippen LogP contribution in [0.3, 0.4) is 0 Å². The third-order valence-corrected chi connectivity index (χ3v) is 4.75. The van der Waals surface area contributed by atoms with Crippen LogP contribution in [0.1, 0.15) is 37.7 Å². The lowest BCUT2D eigenvalue weighted by Gasteiger charge is -2.09. The van der Waals surface area contributed by atoms with Crippen LogP contribution in [0.4, 0.5) is 0 Å². The van der Waals surface area contributed by atoms with Crippen molar-refractivity contribution < 1.29 is 14.3 Å². The van der Waals surface area contributed by atoms with Crippen LogP contribution in [0.25, 0.3) is 11.0 Å². The molecule has 29 heavy (non-hydrogen) atoms. The maximum absolute atomic E-state index is 13.2. The van der Waals surface area contributed by atoms with Crippen molar-refractivity contribution in [2.45, 2.75) is 20.5 Å². The van der Waals surface area contributed by atoms with Crippen LogP contribution in [0.15, 0.2) is 72.8 Å². The molecule has 0 bridgehead atoms. The minimum Gasteiger partial charge on any atom is -0.454 e. The fraction of sp³-hybridized carbons (Fsp3) is 0.125. The molecule has 0 aliphatic heterocycles. The average molecular weight is 384 g/mol. The normalized spacial score (nSPS) is 10.8. The van der Waals surface area contributed by atoms with Gasteiger partial charge in [-0.2, -0.15) is 0 Å². The van der Waals surface area contributed by atoms with Crippen LogP contribution in [-0.4, -0.2) is 21.4 Å². The summed E-state index contributed by atoms with van der Waals surface area (Å²) in [4.78, 5) is 30.1. The molecule has 0 saturated carbocycles. The van der Waals surface area contributed by atoms with Crippen LogP contribution >= 0.6 is 0 Å². The molecule has 0 radical (unpaired) electrons. The predicted octanol–water partition coefficient (Wildman–Crippen LogP) is 4.70. The van der Waals surface area contributed by atoms with Crippen LogP contribution in [0, 0.1) is 13.8 Å². The maximum Gasteiger partial charge on any atom is 0.338 e. The number of hydrogen-bond donors (Lipinski definition) is 0. The summed E-state index contributed by atoms with van der Waals surface area (Å²) in [5, 5.41) is 0. The van der Waals surface area contributed by atoms with E-state index in [0.717, 1.165) is 11.1 Å². The lowest BCUT2D eigenvalue weighted by molar-refractivity contribution is 0.0456. The smallest absolute Gasteiger partial charge is 0.338 e. The number of imidazole rings is 1. The fourth-order valence-electron chi connectivity index (χ4n) is 3.13. The zero-order valence-corrected chi connectivity index (χ0v) is 16.3. The van der Waals surface area contributed by atoms with E-state index >= 15 is 0 Å². The van der Waals surface area contributed by atoms with Crippen LogP contribution in [-0.2, 0) is 11.3 Å². The largest absolute Gasteiger partial charge is 0.454 e. The summed E-state index contributed by atoms with van der Waals surface area (Å²) in [5.74, 6) is -0.274. The number of aryl methyl sites for hydroxylation is 2. The molecule has 0 amide bonds. The van der Waals surface area contributed by atoms with Gasteiger partial charge in [0.1, 0.15) is 6.61 Å². The lowest BCUT2D eigenvalue weighted by Crippen LogP contribution is -2.17. The highest BCUT2D eigenvalue weighted by atomic mass is 16.5. The highest BCUT2D eigenvalue weighted by Gasteiger charge is 2.19. The van der Waals surface area contributed by atoms with Crippen LogP contribution in [0.2, 0.25) is 0 Å². The van der Waals surface area contributed by atoms with Gasteiger partial charge in [0.2, 0.25) is 0 Å². The van der Waals surface area contributed by atoms with Crippen molar-refractivity contribution in [2.75, 3.05) is 0 Å². The van der Waals surface area contributed by atoms with Gasteiger partial charge in [-0.25, -0.2) is 9.78 Å². The molecular formula is C24H20N2O3. The van der Waals surface area contributed by atoms with Gasteiger partial charge in [-0.1, -0.05) is 47.5 Å². The average Bonchev–Trinajstić information content (AvgIpc) is 3.11. The van der Waals surface area contributed by atoms with Gasteiger partial charge in [-0.05, 0) is 50.2 Å². The number of fused-ring (bicyclic) bond motifs is 1. The van der Waals surface area contributed by atoms with E-state index in [9.17, 15) is 9.59 Å². The highest BCUT2D eigenvalue weighted by Crippen LogP contribution is 2.19. The number of para-hydroxylation sites is 2. The van der Waals surface area contributed by atoms with Crippen LogP contribution in [0.5, 0.6) is 0 Å². The predicted molar refractivity (Wildman–Crippen MR) is 111 cm³/mol. The summed E-state index contributed by atoms with van der Waals surface area (Å²) < 4.78 is 6.97. The van der Waals surface area contributed by atoms with E-state index in [0.29, 0.717) is 28.0 Å². The summed E-state index contributed by atoms with van der Waals surface area (Å²) in [7, 11) is 0. The van der Waals surface area contributed by atoms with E-state index in [1.807, 2.05) is 62.4 Å². The molecule has 0 atom stereocenters. The Morgan fingerprint density at radius 1 is 0.828 bits per heavy atom. The quantitative estimate of drug-likeness (QED) is 0.479. The Bertz CT molecular complexity index is 1190. The first-order valence-electron chi connectivity index (χ1n) is 9.34. The molecule has 4 aromatic rings. The fourth-order valence-corrected chi connectivity index (χ4v) is 3.13. The number of carbonyl (C=O) groups excluding carboxylic acids is 2. The molecule has 0 aliphatic carbocycles. The van der Waals surface area contributed by atoms with Crippen molar-refractivity contribution in [3.05, 3.63) is 101 Å². The standard InChI is InChI=1S/C24H20N2O3/c1-16-7-11-18(12-8-16)23(27)26-21-6-4-3-5-20(21)25-22(26)15-29-24(28)19-13-9-17(2)10-14-19/h3-14H,15H2,1-2H3. The lowest BCUT2D eigenvalue weighted by atomic mass is 10.1. The van der Waals surface area contributed by atoms with E-state index in [-0.39, 0.29) is 12.5 Å². The summed E-state index contributed by atoms with van der Waals surface area (Å²) in [5.41, 5.74) is 4.50. The monoisotopic (exact) mass is 384 g/mol. The minimum absolute atomic E-state index is 0.0982. The number of carbonyl (C=O) groups is 2. The molecule has 144 valence electrons. The van der Waals surface area contributed by atoms with Gasteiger partial charge in [-0.3, -0.25) is 9.36 Å². The van der Waals surface area contributed by atoms with Crippen molar-refractivity contribution in [2.24, 2.45) is 0 Å². The molecular weight excluding hydrogens is 364 g/mol. The first-order chi connectivity index (χ1) is 14.0. The number of rotatable bonds is 4. The Balaban J connectivity index is 1.66. The molecule has 0 saturated heterocycles. The van der Waals surface area contributed by atoms with E-state index < -0.39 is 5.97 Å². The first kappa shape index (κ1) is 18.6. The molecule has 0 fully saturated rings. The topological polar surface area (TPSA) is 61.2 Å². The number of hydrogen-bond acceptors (Lipinski definition) is 4. The summed E-state index contributed by atoms with van der Waals surface area (Å²) in [6, 6.07) is 21.9. The Morgan fingerprint density at radius 2 is 1.41 bits per heavy atom. The summed E-state index contributed by atoms with van der Waals surface area (Å²) >= 11 is 0. The van der Waals surface area contributed by atoms with Gasteiger partial charge < -0.3 is 4.74 Å². The highest BCUT2D eigenvalue weighted by molar-refractivity contribution is 6.01. The maximum atomic E-state index is 13.2. The molecule has 4 rings (SSSR count). The van der Waals surface area contributed by atoms with E-state index in [1.54, 1.807) is 24.3 Å². The second-order valence-corrected chi connectivity index (χ2v) is 6.97. The van der Waals surface area contributed by atoms with Gasteiger partial charge in [0.15, 0.2) is 5.82 Å².